The third-order valence-corrected chi connectivity index (χ3v) is 6.93. The molecule has 1 aromatic rings. The van der Waals surface area contributed by atoms with E-state index in [4.69, 9.17) is 11.1 Å². The molecule has 1 aliphatic heterocycles. The van der Waals surface area contributed by atoms with Gasteiger partial charge in [0.1, 0.15) is 17.1 Å². The monoisotopic (exact) mass is 460 g/mol. The van der Waals surface area contributed by atoms with Gasteiger partial charge in [-0.25, -0.2) is 0 Å². The molecular formula is C23H36N6O4. The van der Waals surface area contributed by atoms with Gasteiger partial charge in [-0.1, -0.05) is 25.3 Å². The van der Waals surface area contributed by atoms with E-state index in [1.165, 1.54) is 0 Å². The summed E-state index contributed by atoms with van der Waals surface area (Å²) in [4.78, 5) is 32.8. The second kappa shape index (κ2) is 11.5. The zero-order valence-electron chi connectivity index (χ0n) is 19.1. The molecule has 0 radical (unpaired) electrons. The molecule has 2 aliphatic rings. The van der Waals surface area contributed by atoms with Crippen LogP contribution >= 0.6 is 0 Å². The molecule has 1 aromatic heterocycles. The van der Waals surface area contributed by atoms with Gasteiger partial charge in [-0.15, -0.1) is 0 Å². The molecule has 1 atom stereocenters. The fourth-order valence-electron chi connectivity index (χ4n) is 5.15. The number of aliphatic hydroxyl groups is 2. The summed E-state index contributed by atoms with van der Waals surface area (Å²) >= 11 is 0. The van der Waals surface area contributed by atoms with Gasteiger partial charge in [-0.05, 0) is 43.2 Å². The van der Waals surface area contributed by atoms with Gasteiger partial charge in [0.15, 0.2) is 0 Å². The molecule has 7 N–H and O–H groups in total. The van der Waals surface area contributed by atoms with E-state index in [1.807, 2.05) is 0 Å². The first-order valence-corrected chi connectivity index (χ1v) is 11.8. The second-order valence-electron chi connectivity index (χ2n) is 9.00. The maximum absolute atomic E-state index is 13.7. The number of pyridine rings is 1. The Hall–Kier alpha value is -2.56. The standard InChI is InChI=1S/C23H36N6O4/c24-21(25)19-8-7-16(11-27-19)12-28-22(33)23(17-5-2-1-3-6-17)9-4-10-29(23)20(32)13-26-18(14-30)15-31/h7-8,11,17-18,26,30-31H,1-6,9-10,12-15H2,(H3,24,25)(H,28,33)/t23-/m1/s1. The van der Waals surface area contributed by atoms with E-state index in [2.05, 4.69) is 15.6 Å². The molecule has 1 saturated heterocycles. The van der Waals surface area contributed by atoms with Crippen LogP contribution in [0.5, 0.6) is 0 Å². The molecule has 10 nitrogen and oxygen atoms in total. The number of aliphatic hydroxyl groups excluding tert-OH is 2. The van der Waals surface area contributed by atoms with Crippen molar-refractivity contribution in [1.29, 1.82) is 5.41 Å². The second-order valence-corrected chi connectivity index (χ2v) is 9.00. The van der Waals surface area contributed by atoms with Gasteiger partial charge >= 0.3 is 0 Å². The number of hydrogen-bond acceptors (Lipinski definition) is 7. The Labute approximate surface area is 194 Å². The number of carbonyl (C=O) groups is 2. The van der Waals surface area contributed by atoms with Crippen LogP contribution in [0.25, 0.3) is 0 Å². The third-order valence-electron chi connectivity index (χ3n) is 6.93. The van der Waals surface area contributed by atoms with E-state index in [0.29, 0.717) is 18.7 Å². The first-order chi connectivity index (χ1) is 15.9. The van der Waals surface area contributed by atoms with Crippen molar-refractivity contribution in [2.45, 2.75) is 63.1 Å². The van der Waals surface area contributed by atoms with Crippen molar-refractivity contribution in [2.75, 3.05) is 26.3 Å². The lowest BCUT2D eigenvalue weighted by atomic mass is 9.72. The molecule has 2 amide bonds. The van der Waals surface area contributed by atoms with Gasteiger partial charge in [0.05, 0.1) is 25.8 Å². The molecule has 2 heterocycles. The van der Waals surface area contributed by atoms with E-state index in [-0.39, 0.29) is 49.9 Å². The molecule has 2 fully saturated rings. The van der Waals surface area contributed by atoms with Crippen LogP contribution in [0, 0.1) is 11.3 Å². The number of nitrogens with zero attached hydrogens (tertiary/aromatic N) is 2. The molecule has 0 aromatic carbocycles. The molecule has 33 heavy (non-hydrogen) atoms. The molecule has 0 spiro atoms. The van der Waals surface area contributed by atoms with E-state index in [1.54, 1.807) is 23.2 Å². The average molecular weight is 461 g/mol. The van der Waals surface area contributed by atoms with Gasteiger partial charge in [0.25, 0.3) is 0 Å². The van der Waals surface area contributed by atoms with Crippen molar-refractivity contribution in [1.82, 2.24) is 20.5 Å². The molecule has 182 valence electrons. The first kappa shape index (κ1) is 25.1. The number of nitrogens with two attached hydrogens (primary N) is 1. The predicted molar refractivity (Wildman–Crippen MR) is 123 cm³/mol. The minimum Gasteiger partial charge on any atom is -0.395 e. The van der Waals surface area contributed by atoms with Crippen molar-refractivity contribution in [3.8, 4) is 0 Å². The molecule has 1 saturated carbocycles. The van der Waals surface area contributed by atoms with E-state index in [0.717, 1.165) is 44.1 Å². The first-order valence-electron chi connectivity index (χ1n) is 11.8. The molecule has 10 heteroatoms. The summed E-state index contributed by atoms with van der Waals surface area (Å²) in [7, 11) is 0. The van der Waals surface area contributed by atoms with Crippen molar-refractivity contribution in [3.63, 3.8) is 0 Å². The lowest BCUT2D eigenvalue weighted by Crippen LogP contribution is -2.63. The largest absolute Gasteiger partial charge is 0.395 e. The minimum atomic E-state index is -0.889. The normalized spacial score (nSPS) is 21.4. The number of likely N-dealkylation sites (tertiary alicyclic amines) is 1. The van der Waals surface area contributed by atoms with Gasteiger partial charge < -0.3 is 31.5 Å². The highest BCUT2D eigenvalue weighted by molar-refractivity contribution is 5.93. The van der Waals surface area contributed by atoms with Crippen molar-refractivity contribution < 1.29 is 19.8 Å². The Bertz CT molecular complexity index is 823. The van der Waals surface area contributed by atoms with Gasteiger partial charge in [-0.3, -0.25) is 20.0 Å². The Morgan fingerprint density at radius 3 is 2.55 bits per heavy atom. The summed E-state index contributed by atoms with van der Waals surface area (Å²) in [5.41, 5.74) is 5.74. The minimum absolute atomic E-state index is 0.0377. The van der Waals surface area contributed by atoms with E-state index < -0.39 is 11.6 Å². The number of aromatic nitrogens is 1. The number of amides is 2. The summed E-state index contributed by atoms with van der Waals surface area (Å²) in [6.07, 6.45) is 8.04. The third kappa shape index (κ3) is 5.69. The predicted octanol–water partition coefficient (Wildman–Crippen LogP) is -0.134. The van der Waals surface area contributed by atoms with Crippen molar-refractivity contribution in [3.05, 3.63) is 29.6 Å². The highest BCUT2D eigenvalue weighted by atomic mass is 16.3. The van der Waals surface area contributed by atoms with Crippen LogP contribution in [0.15, 0.2) is 18.3 Å². The maximum atomic E-state index is 13.7. The van der Waals surface area contributed by atoms with Crippen LogP contribution in [0.4, 0.5) is 0 Å². The average Bonchev–Trinajstić information content (AvgIpc) is 3.30. The number of hydrogen-bond donors (Lipinski definition) is 6. The topological polar surface area (TPSA) is 165 Å². The van der Waals surface area contributed by atoms with Gasteiger partial charge in [0, 0.05) is 19.3 Å². The fraction of sp³-hybridized carbons (Fsp3) is 0.652. The van der Waals surface area contributed by atoms with Crippen LogP contribution in [0.3, 0.4) is 0 Å². The number of nitrogens with one attached hydrogen (secondary N) is 3. The van der Waals surface area contributed by atoms with Crippen LogP contribution in [-0.2, 0) is 16.1 Å². The summed E-state index contributed by atoms with van der Waals surface area (Å²) in [5, 5.41) is 32.0. The Morgan fingerprint density at radius 2 is 1.94 bits per heavy atom. The highest BCUT2D eigenvalue weighted by Gasteiger charge is 2.54. The van der Waals surface area contributed by atoms with Crippen LogP contribution in [-0.4, -0.2) is 75.6 Å². The smallest absolute Gasteiger partial charge is 0.246 e. The van der Waals surface area contributed by atoms with Gasteiger partial charge in [-0.2, -0.15) is 0 Å². The highest BCUT2D eigenvalue weighted by Crippen LogP contribution is 2.43. The fourth-order valence-corrected chi connectivity index (χ4v) is 5.15. The lowest BCUT2D eigenvalue weighted by molar-refractivity contribution is -0.149. The summed E-state index contributed by atoms with van der Waals surface area (Å²) in [6.45, 7) is 0.213. The number of rotatable bonds is 10. The van der Waals surface area contributed by atoms with Crippen molar-refractivity contribution >= 4 is 17.6 Å². The Morgan fingerprint density at radius 1 is 1.21 bits per heavy atom. The Balaban J connectivity index is 1.76. The molecule has 0 bridgehead atoms. The number of amidine groups is 1. The van der Waals surface area contributed by atoms with Crippen molar-refractivity contribution in [2.24, 2.45) is 11.7 Å². The van der Waals surface area contributed by atoms with Gasteiger partial charge in [0.2, 0.25) is 11.8 Å². The zero-order valence-corrected chi connectivity index (χ0v) is 19.1. The number of nitrogen functional groups attached to an aromatic ring is 1. The maximum Gasteiger partial charge on any atom is 0.246 e. The van der Waals surface area contributed by atoms with Crippen LogP contribution in [0.2, 0.25) is 0 Å². The Kier molecular flexibility index (Phi) is 8.76. The molecule has 1 aliphatic carbocycles. The zero-order chi connectivity index (χ0) is 23.8. The van der Waals surface area contributed by atoms with E-state index >= 15 is 0 Å². The summed E-state index contributed by atoms with van der Waals surface area (Å²) < 4.78 is 0. The van der Waals surface area contributed by atoms with Crippen LogP contribution in [0.1, 0.15) is 56.2 Å². The summed E-state index contributed by atoms with van der Waals surface area (Å²) in [6, 6.07) is 2.86. The molecular weight excluding hydrogens is 424 g/mol. The quantitative estimate of drug-likeness (QED) is 0.209. The summed E-state index contributed by atoms with van der Waals surface area (Å²) in [5.74, 6) is -0.341. The van der Waals surface area contributed by atoms with E-state index in [9.17, 15) is 19.8 Å². The number of carbonyl (C=O) groups excluding carboxylic acids is 2. The SMILES string of the molecule is N=C(N)c1ccc(CNC(=O)[C@]2(C3CCCCC3)CCCN2C(=O)CNC(CO)CO)cn1. The molecule has 0 unspecified atom stereocenters. The molecule has 3 rings (SSSR count). The van der Waals surface area contributed by atoms with Crippen LogP contribution < -0.4 is 16.4 Å². The lowest BCUT2D eigenvalue weighted by Gasteiger charge is -2.45.